The molecule has 0 atom stereocenters. The Balaban J connectivity index is 2.22. The Morgan fingerprint density at radius 3 is 2.29 bits per heavy atom. The summed E-state index contributed by atoms with van der Waals surface area (Å²) in [5.41, 5.74) is -0.0487. The molecule has 0 aromatic rings. The molecule has 0 aromatic carbocycles. The van der Waals surface area contributed by atoms with Crippen LogP contribution in [0.4, 0.5) is 4.39 Å². The van der Waals surface area contributed by atoms with Gasteiger partial charge < -0.3 is 9.64 Å². The second-order valence-corrected chi connectivity index (χ2v) is 4.96. The van der Waals surface area contributed by atoms with E-state index in [0.717, 1.165) is 25.9 Å². The van der Waals surface area contributed by atoms with Crippen molar-refractivity contribution < 1.29 is 9.13 Å². The SMILES string of the molecule is CC(C)(C)OC1CCN(CCF)CC1. The van der Waals surface area contributed by atoms with Gasteiger partial charge in [-0.2, -0.15) is 0 Å². The molecule has 0 saturated carbocycles. The molecule has 1 aliphatic heterocycles. The van der Waals surface area contributed by atoms with Crippen molar-refractivity contribution in [2.75, 3.05) is 26.3 Å². The topological polar surface area (TPSA) is 12.5 Å². The average Bonchev–Trinajstić information content (AvgIpc) is 2.06. The van der Waals surface area contributed by atoms with E-state index in [2.05, 4.69) is 25.7 Å². The number of halogens is 1. The highest BCUT2D eigenvalue weighted by Crippen LogP contribution is 2.19. The van der Waals surface area contributed by atoms with Crippen molar-refractivity contribution >= 4 is 0 Å². The lowest BCUT2D eigenvalue weighted by molar-refractivity contribution is -0.0822. The van der Waals surface area contributed by atoms with E-state index >= 15 is 0 Å². The Hall–Kier alpha value is -0.150. The zero-order valence-corrected chi connectivity index (χ0v) is 9.55. The molecule has 14 heavy (non-hydrogen) atoms. The summed E-state index contributed by atoms with van der Waals surface area (Å²) in [5.74, 6) is 0. The van der Waals surface area contributed by atoms with Crippen LogP contribution in [0.25, 0.3) is 0 Å². The first-order valence-electron chi connectivity index (χ1n) is 5.47. The smallest absolute Gasteiger partial charge is 0.102 e. The van der Waals surface area contributed by atoms with Crippen molar-refractivity contribution in [1.29, 1.82) is 0 Å². The maximum absolute atomic E-state index is 12.1. The van der Waals surface area contributed by atoms with E-state index in [9.17, 15) is 4.39 Å². The van der Waals surface area contributed by atoms with Crippen LogP contribution in [0.3, 0.4) is 0 Å². The zero-order chi connectivity index (χ0) is 10.6. The molecule has 1 heterocycles. The summed E-state index contributed by atoms with van der Waals surface area (Å²) < 4.78 is 18.0. The van der Waals surface area contributed by atoms with Gasteiger partial charge in [0, 0.05) is 19.6 Å². The van der Waals surface area contributed by atoms with Crippen molar-refractivity contribution in [3.05, 3.63) is 0 Å². The van der Waals surface area contributed by atoms with Crippen LogP contribution in [-0.4, -0.2) is 42.9 Å². The van der Waals surface area contributed by atoms with Crippen LogP contribution in [0.5, 0.6) is 0 Å². The second-order valence-electron chi connectivity index (χ2n) is 4.96. The molecule has 0 amide bonds. The monoisotopic (exact) mass is 203 g/mol. The van der Waals surface area contributed by atoms with Crippen LogP contribution in [0, 0.1) is 0 Å². The molecule has 0 spiro atoms. The highest BCUT2D eigenvalue weighted by atomic mass is 19.1. The highest BCUT2D eigenvalue weighted by molar-refractivity contribution is 4.75. The first-order valence-corrected chi connectivity index (χ1v) is 5.47. The normalized spacial score (nSPS) is 21.4. The van der Waals surface area contributed by atoms with Gasteiger partial charge in [0.05, 0.1) is 11.7 Å². The van der Waals surface area contributed by atoms with E-state index in [-0.39, 0.29) is 12.3 Å². The lowest BCUT2D eigenvalue weighted by atomic mass is 10.1. The fourth-order valence-corrected chi connectivity index (χ4v) is 1.87. The van der Waals surface area contributed by atoms with Gasteiger partial charge >= 0.3 is 0 Å². The summed E-state index contributed by atoms with van der Waals surface area (Å²) in [4.78, 5) is 2.17. The third-order valence-electron chi connectivity index (χ3n) is 2.46. The fraction of sp³-hybridized carbons (Fsp3) is 1.00. The highest BCUT2D eigenvalue weighted by Gasteiger charge is 2.23. The second kappa shape index (κ2) is 5.08. The Morgan fingerprint density at radius 1 is 1.29 bits per heavy atom. The Bertz CT molecular complexity index is 159. The molecular weight excluding hydrogens is 181 g/mol. The molecule has 84 valence electrons. The van der Waals surface area contributed by atoms with Crippen molar-refractivity contribution in [2.24, 2.45) is 0 Å². The van der Waals surface area contributed by atoms with Gasteiger partial charge in [-0.05, 0) is 33.6 Å². The molecule has 0 aromatic heterocycles. The molecule has 0 aliphatic carbocycles. The Kier molecular flexibility index (Phi) is 4.32. The molecule has 1 aliphatic rings. The van der Waals surface area contributed by atoms with Gasteiger partial charge in [0.2, 0.25) is 0 Å². The Labute approximate surface area is 86.4 Å². The van der Waals surface area contributed by atoms with Gasteiger partial charge in [-0.15, -0.1) is 0 Å². The first-order chi connectivity index (χ1) is 6.51. The van der Waals surface area contributed by atoms with E-state index in [4.69, 9.17) is 4.74 Å². The first kappa shape index (κ1) is 11.9. The van der Waals surface area contributed by atoms with Crippen LogP contribution >= 0.6 is 0 Å². The van der Waals surface area contributed by atoms with Gasteiger partial charge in [-0.1, -0.05) is 0 Å². The molecule has 2 nitrogen and oxygen atoms in total. The minimum absolute atomic E-state index is 0.0487. The van der Waals surface area contributed by atoms with Crippen LogP contribution in [0.15, 0.2) is 0 Å². The Morgan fingerprint density at radius 2 is 1.86 bits per heavy atom. The summed E-state index contributed by atoms with van der Waals surface area (Å²) in [6.45, 7) is 8.56. The minimum Gasteiger partial charge on any atom is -0.373 e. The third-order valence-corrected chi connectivity index (χ3v) is 2.46. The van der Waals surface area contributed by atoms with Crippen LogP contribution < -0.4 is 0 Å². The predicted octanol–water partition coefficient (Wildman–Crippen LogP) is 2.24. The van der Waals surface area contributed by atoms with Crippen LogP contribution in [0.1, 0.15) is 33.6 Å². The maximum atomic E-state index is 12.1. The van der Waals surface area contributed by atoms with Gasteiger partial charge in [0.15, 0.2) is 0 Å². The van der Waals surface area contributed by atoms with Gasteiger partial charge in [-0.3, -0.25) is 0 Å². The quantitative estimate of drug-likeness (QED) is 0.697. The van der Waals surface area contributed by atoms with Crippen molar-refractivity contribution in [3.63, 3.8) is 0 Å². The summed E-state index contributed by atoms with van der Waals surface area (Å²) in [5, 5.41) is 0. The third kappa shape index (κ3) is 4.38. The number of piperidine rings is 1. The average molecular weight is 203 g/mol. The molecule has 1 saturated heterocycles. The van der Waals surface area contributed by atoms with E-state index in [0.29, 0.717) is 12.6 Å². The molecule has 1 rings (SSSR count). The predicted molar refractivity (Wildman–Crippen MR) is 56.3 cm³/mol. The summed E-state index contributed by atoms with van der Waals surface area (Å²) in [6.07, 6.45) is 2.44. The molecule has 1 fully saturated rings. The van der Waals surface area contributed by atoms with E-state index < -0.39 is 0 Å². The standard InChI is InChI=1S/C11H22FNO/c1-11(2,3)14-10-4-7-13(8-5-10)9-6-12/h10H,4-9H2,1-3H3. The molecule has 0 radical (unpaired) electrons. The van der Waals surface area contributed by atoms with Gasteiger partial charge in [0.1, 0.15) is 6.67 Å². The summed E-state index contributed by atoms with van der Waals surface area (Å²) in [6, 6.07) is 0. The van der Waals surface area contributed by atoms with E-state index in [1.165, 1.54) is 0 Å². The van der Waals surface area contributed by atoms with Crippen molar-refractivity contribution in [3.8, 4) is 0 Å². The molecule has 0 unspecified atom stereocenters. The number of rotatable bonds is 3. The number of ether oxygens (including phenoxy) is 1. The fourth-order valence-electron chi connectivity index (χ4n) is 1.87. The summed E-state index contributed by atoms with van der Waals surface area (Å²) in [7, 11) is 0. The molecule has 3 heteroatoms. The van der Waals surface area contributed by atoms with Crippen LogP contribution in [0.2, 0.25) is 0 Å². The number of hydrogen-bond acceptors (Lipinski definition) is 2. The molecule has 0 N–H and O–H groups in total. The number of nitrogens with zero attached hydrogens (tertiary/aromatic N) is 1. The number of likely N-dealkylation sites (tertiary alicyclic amines) is 1. The zero-order valence-electron chi connectivity index (χ0n) is 9.55. The van der Waals surface area contributed by atoms with E-state index in [1.807, 2.05) is 0 Å². The summed E-state index contributed by atoms with van der Waals surface area (Å²) >= 11 is 0. The number of hydrogen-bond donors (Lipinski definition) is 0. The lowest BCUT2D eigenvalue weighted by Gasteiger charge is -2.35. The molecular formula is C11H22FNO. The van der Waals surface area contributed by atoms with Crippen molar-refractivity contribution in [1.82, 2.24) is 4.90 Å². The minimum atomic E-state index is -0.231. The molecule has 0 bridgehead atoms. The number of alkyl halides is 1. The maximum Gasteiger partial charge on any atom is 0.102 e. The largest absolute Gasteiger partial charge is 0.373 e. The van der Waals surface area contributed by atoms with Gasteiger partial charge in [-0.25, -0.2) is 4.39 Å². The lowest BCUT2D eigenvalue weighted by Crippen LogP contribution is -2.40. The van der Waals surface area contributed by atoms with E-state index in [1.54, 1.807) is 0 Å². The van der Waals surface area contributed by atoms with Gasteiger partial charge in [0.25, 0.3) is 0 Å². The van der Waals surface area contributed by atoms with Crippen LogP contribution in [-0.2, 0) is 4.74 Å². The van der Waals surface area contributed by atoms with Crippen molar-refractivity contribution in [2.45, 2.75) is 45.3 Å².